The summed E-state index contributed by atoms with van der Waals surface area (Å²) in [6.45, 7) is 4.97. The molecule has 0 unspecified atom stereocenters. The lowest BCUT2D eigenvalue weighted by molar-refractivity contribution is 0.617. The molecule has 1 aliphatic carbocycles. The fourth-order valence-electron chi connectivity index (χ4n) is 2.45. The zero-order valence-electron chi connectivity index (χ0n) is 11.5. The zero-order valence-corrected chi connectivity index (χ0v) is 11.5. The van der Waals surface area contributed by atoms with Crippen LogP contribution in [0.5, 0.6) is 0 Å². The fourth-order valence-corrected chi connectivity index (χ4v) is 2.45. The second kappa shape index (κ2) is 6.57. The number of aryl methyl sites for hydroxylation is 1. The monoisotopic (exact) mass is 248 g/mol. The summed E-state index contributed by atoms with van der Waals surface area (Å²) >= 11 is 0. The molecule has 0 radical (unpaired) electrons. The molecular formula is C14H24N4. The van der Waals surface area contributed by atoms with Crippen molar-refractivity contribution in [1.29, 1.82) is 0 Å². The fraction of sp³-hybridized carbons (Fsp3) is 0.714. The third-order valence-electron chi connectivity index (χ3n) is 3.50. The van der Waals surface area contributed by atoms with Crippen molar-refractivity contribution in [3.63, 3.8) is 0 Å². The van der Waals surface area contributed by atoms with Crippen LogP contribution >= 0.6 is 0 Å². The lowest BCUT2D eigenvalue weighted by Crippen LogP contribution is -2.20. The maximum absolute atomic E-state index is 4.55. The van der Waals surface area contributed by atoms with Gasteiger partial charge in [0.25, 0.3) is 0 Å². The highest BCUT2D eigenvalue weighted by Gasteiger charge is 2.14. The van der Waals surface area contributed by atoms with E-state index in [-0.39, 0.29) is 0 Å². The van der Waals surface area contributed by atoms with Crippen LogP contribution < -0.4 is 10.6 Å². The quantitative estimate of drug-likeness (QED) is 0.802. The number of anilines is 2. The summed E-state index contributed by atoms with van der Waals surface area (Å²) < 4.78 is 0. The van der Waals surface area contributed by atoms with Crippen molar-refractivity contribution >= 4 is 11.8 Å². The Hall–Kier alpha value is -1.32. The molecule has 1 aromatic heterocycles. The van der Waals surface area contributed by atoms with E-state index in [0.717, 1.165) is 23.9 Å². The highest BCUT2D eigenvalue weighted by Crippen LogP contribution is 2.22. The predicted molar refractivity (Wildman–Crippen MR) is 76.0 cm³/mol. The standard InChI is InChI=1S/C14H24N4/c1-3-15-14-16-10-11(2)13(18-14)17-12-8-6-4-5-7-9-12/h10,12H,3-9H2,1-2H3,(H2,15,16,17,18). The molecule has 0 aliphatic heterocycles. The van der Waals surface area contributed by atoms with Crippen molar-refractivity contribution < 1.29 is 0 Å². The zero-order chi connectivity index (χ0) is 12.8. The first-order chi connectivity index (χ1) is 8.79. The normalized spacial score (nSPS) is 17.2. The smallest absolute Gasteiger partial charge is 0.224 e. The summed E-state index contributed by atoms with van der Waals surface area (Å²) in [4.78, 5) is 8.83. The molecule has 0 spiro atoms. The number of nitrogens with zero attached hydrogens (tertiary/aromatic N) is 2. The Morgan fingerprint density at radius 2 is 1.94 bits per heavy atom. The van der Waals surface area contributed by atoms with Gasteiger partial charge in [0.1, 0.15) is 5.82 Å². The molecule has 1 fully saturated rings. The van der Waals surface area contributed by atoms with E-state index < -0.39 is 0 Å². The Morgan fingerprint density at radius 3 is 2.61 bits per heavy atom. The van der Waals surface area contributed by atoms with Crippen molar-refractivity contribution in [3.05, 3.63) is 11.8 Å². The summed E-state index contributed by atoms with van der Waals surface area (Å²) in [5, 5.41) is 6.76. The van der Waals surface area contributed by atoms with Crippen LogP contribution in [0.3, 0.4) is 0 Å². The summed E-state index contributed by atoms with van der Waals surface area (Å²) in [5.74, 6) is 1.71. The predicted octanol–water partition coefficient (Wildman–Crippen LogP) is 3.35. The molecule has 100 valence electrons. The third kappa shape index (κ3) is 3.59. The Morgan fingerprint density at radius 1 is 1.22 bits per heavy atom. The highest BCUT2D eigenvalue weighted by atomic mass is 15.1. The Bertz CT molecular complexity index is 370. The van der Waals surface area contributed by atoms with E-state index in [1.807, 2.05) is 6.20 Å². The van der Waals surface area contributed by atoms with Crippen molar-refractivity contribution in [2.45, 2.75) is 58.4 Å². The van der Waals surface area contributed by atoms with Crippen molar-refractivity contribution in [2.75, 3.05) is 17.2 Å². The molecule has 2 N–H and O–H groups in total. The minimum Gasteiger partial charge on any atom is -0.367 e. The van der Waals surface area contributed by atoms with Gasteiger partial charge in [-0.05, 0) is 26.7 Å². The van der Waals surface area contributed by atoms with Crippen LogP contribution in [-0.4, -0.2) is 22.6 Å². The first-order valence-electron chi connectivity index (χ1n) is 7.13. The maximum atomic E-state index is 4.55. The van der Waals surface area contributed by atoms with Gasteiger partial charge in [-0.1, -0.05) is 25.7 Å². The van der Waals surface area contributed by atoms with E-state index in [1.165, 1.54) is 38.5 Å². The molecule has 2 rings (SSSR count). The van der Waals surface area contributed by atoms with Crippen molar-refractivity contribution in [3.8, 4) is 0 Å². The van der Waals surface area contributed by atoms with Crippen LogP contribution in [0.1, 0.15) is 51.0 Å². The Kier molecular flexibility index (Phi) is 4.79. The maximum Gasteiger partial charge on any atom is 0.224 e. The van der Waals surface area contributed by atoms with Crippen LogP contribution in [0.4, 0.5) is 11.8 Å². The second-order valence-electron chi connectivity index (χ2n) is 5.09. The lowest BCUT2D eigenvalue weighted by Gasteiger charge is -2.18. The van der Waals surface area contributed by atoms with Crippen LogP contribution in [0, 0.1) is 6.92 Å². The molecule has 1 heterocycles. The first kappa shape index (κ1) is 13.1. The van der Waals surface area contributed by atoms with E-state index in [2.05, 4.69) is 34.4 Å². The van der Waals surface area contributed by atoms with Crippen LogP contribution in [0.25, 0.3) is 0 Å². The second-order valence-corrected chi connectivity index (χ2v) is 5.09. The molecular weight excluding hydrogens is 224 g/mol. The average Bonchev–Trinajstić information content (AvgIpc) is 2.62. The number of rotatable bonds is 4. The van der Waals surface area contributed by atoms with Gasteiger partial charge < -0.3 is 10.6 Å². The van der Waals surface area contributed by atoms with Crippen molar-refractivity contribution in [2.24, 2.45) is 0 Å². The first-order valence-corrected chi connectivity index (χ1v) is 7.13. The van der Waals surface area contributed by atoms with Gasteiger partial charge in [-0.25, -0.2) is 4.98 Å². The van der Waals surface area contributed by atoms with Gasteiger partial charge in [-0.2, -0.15) is 4.98 Å². The number of nitrogens with one attached hydrogen (secondary N) is 2. The molecule has 0 aromatic carbocycles. The van der Waals surface area contributed by atoms with Crippen LogP contribution in [0.15, 0.2) is 6.20 Å². The molecule has 0 saturated heterocycles. The largest absolute Gasteiger partial charge is 0.367 e. The lowest BCUT2D eigenvalue weighted by atomic mass is 10.1. The molecule has 4 heteroatoms. The molecule has 1 aromatic rings. The van der Waals surface area contributed by atoms with Crippen LogP contribution in [0.2, 0.25) is 0 Å². The molecule has 1 aliphatic rings. The Labute approximate surface area is 110 Å². The molecule has 4 nitrogen and oxygen atoms in total. The van der Waals surface area contributed by atoms with Gasteiger partial charge in [0.15, 0.2) is 0 Å². The van der Waals surface area contributed by atoms with Gasteiger partial charge in [-0.3, -0.25) is 0 Å². The van der Waals surface area contributed by atoms with E-state index in [9.17, 15) is 0 Å². The minimum atomic E-state index is 0.579. The van der Waals surface area contributed by atoms with E-state index in [1.54, 1.807) is 0 Å². The third-order valence-corrected chi connectivity index (χ3v) is 3.50. The number of aromatic nitrogens is 2. The number of hydrogen-bond donors (Lipinski definition) is 2. The SMILES string of the molecule is CCNc1ncc(C)c(NC2CCCCCC2)n1. The van der Waals surface area contributed by atoms with Gasteiger partial charge >= 0.3 is 0 Å². The van der Waals surface area contributed by atoms with Gasteiger partial charge in [0.05, 0.1) is 0 Å². The van der Waals surface area contributed by atoms with Gasteiger partial charge in [0, 0.05) is 24.3 Å². The topological polar surface area (TPSA) is 49.8 Å². The molecule has 0 amide bonds. The minimum absolute atomic E-state index is 0.579. The molecule has 0 atom stereocenters. The highest BCUT2D eigenvalue weighted by molar-refractivity contribution is 5.47. The summed E-state index contributed by atoms with van der Waals surface area (Å²) in [6.07, 6.45) is 9.85. The number of hydrogen-bond acceptors (Lipinski definition) is 4. The van der Waals surface area contributed by atoms with E-state index in [0.29, 0.717) is 6.04 Å². The summed E-state index contributed by atoms with van der Waals surface area (Å²) in [7, 11) is 0. The molecule has 18 heavy (non-hydrogen) atoms. The summed E-state index contributed by atoms with van der Waals surface area (Å²) in [5.41, 5.74) is 1.13. The Balaban J connectivity index is 2.04. The average molecular weight is 248 g/mol. The van der Waals surface area contributed by atoms with E-state index in [4.69, 9.17) is 0 Å². The van der Waals surface area contributed by atoms with Crippen LogP contribution in [-0.2, 0) is 0 Å². The van der Waals surface area contributed by atoms with Gasteiger partial charge in [0.2, 0.25) is 5.95 Å². The van der Waals surface area contributed by atoms with Gasteiger partial charge in [-0.15, -0.1) is 0 Å². The van der Waals surface area contributed by atoms with E-state index >= 15 is 0 Å². The summed E-state index contributed by atoms with van der Waals surface area (Å²) in [6, 6.07) is 0.579. The molecule has 0 bridgehead atoms. The molecule has 1 saturated carbocycles. The van der Waals surface area contributed by atoms with Crippen molar-refractivity contribution in [1.82, 2.24) is 9.97 Å².